The second kappa shape index (κ2) is 6.93. The lowest BCUT2D eigenvalue weighted by molar-refractivity contribution is 0.228. The molecule has 102 valence electrons. The van der Waals surface area contributed by atoms with Crippen LogP contribution in [0.4, 0.5) is 0 Å². The largest absolute Gasteiger partial charge is 0.299 e. The number of likely N-dealkylation sites (tertiary alicyclic amines) is 1. The van der Waals surface area contributed by atoms with E-state index in [9.17, 15) is 0 Å². The van der Waals surface area contributed by atoms with Crippen molar-refractivity contribution in [1.82, 2.24) is 4.90 Å². The fourth-order valence-electron chi connectivity index (χ4n) is 2.77. The molecule has 1 saturated heterocycles. The molecule has 1 aromatic carbocycles. The average Bonchev–Trinajstić information content (AvgIpc) is 2.41. The maximum absolute atomic E-state index is 5.94. The van der Waals surface area contributed by atoms with E-state index in [1.807, 2.05) is 18.2 Å². The molecule has 0 spiro atoms. The van der Waals surface area contributed by atoms with Gasteiger partial charge < -0.3 is 0 Å². The minimum Gasteiger partial charge on any atom is -0.299 e. The molecule has 1 heterocycles. The minimum absolute atomic E-state index is 0.692. The highest BCUT2D eigenvalue weighted by molar-refractivity contribution is 6.30. The van der Waals surface area contributed by atoms with Crippen LogP contribution in [0.25, 0.3) is 0 Å². The number of nitrogens with zero attached hydrogens (tertiary/aromatic N) is 1. The van der Waals surface area contributed by atoms with Crippen LogP contribution in [0.1, 0.15) is 31.2 Å². The van der Waals surface area contributed by atoms with Crippen LogP contribution in [0, 0.1) is 0 Å². The molecule has 1 fully saturated rings. The SMILES string of the molecule is C=CC=C(C)CN1CCC(c2ccc(Cl)cc2)CC1. The molecule has 19 heavy (non-hydrogen) atoms. The highest BCUT2D eigenvalue weighted by Crippen LogP contribution is 2.28. The summed E-state index contributed by atoms with van der Waals surface area (Å²) >= 11 is 5.94. The molecule has 0 saturated carbocycles. The van der Waals surface area contributed by atoms with Crippen LogP contribution in [-0.4, -0.2) is 24.5 Å². The lowest BCUT2D eigenvalue weighted by Crippen LogP contribution is -2.34. The van der Waals surface area contributed by atoms with Crippen molar-refractivity contribution in [3.63, 3.8) is 0 Å². The molecule has 0 atom stereocenters. The van der Waals surface area contributed by atoms with Crippen LogP contribution >= 0.6 is 11.6 Å². The third-order valence-electron chi connectivity index (χ3n) is 3.80. The van der Waals surface area contributed by atoms with Gasteiger partial charge in [0.2, 0.25) is 0 Å². The topological polar surface area (TPSA) is 3.24 Å². The van der Waals surface area contributed by atoms with E-state index in [0.29, 0.717) is 5.92 Å². The van der Waals surface area contributed by atoms with Crippen molar-refractivity contribution in [2.75, 3.05) is 19.6 Å². The van der Waals surface area contributed by atoms with Gasteiger partial charge >= 0.3 is 0 Å². The third-order valence-corrected chi connectivity index (χ3v) is 4.06. The Balaban J connectivity index is 1.87. The molecule has 0 aliphatic carbocycles. The van der Waals surface area contributed by atoms with Gasteiger partial charge in [0.1, 0.15) is 0 Å². The van der Waals surface area contributed by atoms with Crippen LogP contribution in [0.2, 0.25) is 5.02 Å². The van der Waals surface area contributed by atoms with Crippen molar-refractivity contribution in [2.24, 2.45) is 0 Å². The molecule has 0 aromatic heterocycles. The van der Waals surface area contributed by atoms with Crippen LogP contribution < -0.4 is 0 Å². The number of halogens is 1. The molecule has 0 unspecified atom stereocenters. The lowest BCUT2D eigenvalue weighted by atomic mass is 9.89. The summed E-state index contributed by atoms with van der Waals surface area (Å²) in [6, 6.07) is 8.34. The molecule has 1 aromatic rings. The summed E-state index contributed by atoms with van der Waals surface area (Å²) in [6.45, 7) is 9.34. The molecule has 0 radical (unpaired) electrons. The third kappa shape index (κ3) is 4.22. The van der Waals surface area contributed by atoms with Gasteiger partial charge in [-0.3, -0.25) is 4.90 Å². The number of hydrogen-bond donors (Lipinski definition) is 0. The minimum atomic E-state index is 0.692. The average molecular weight is 276 g/mol. The first-order chi connectivity index (χ1) is 9.19. The van der Waals surface area contributed by atoms with E-state index in [1.165, 1.54) is 37.1 Å². The number of benzene rings is 1. The molecule has 1 nitrogen and oxygen atoms in total. The highest BCUT2D eigenvalue weighted by atomic mass is 35.5. The summed E-state index contributed by atoms with van der Waals surface area (Å²) in [5.41, 5.74) is 2.82. The number of allylic oxidation sites excluding steroid dienone is 2. The van der Waals surface area contributed by atoms with Gasteiger partial charge in [-0.2, -0.15) is 0 Å². The Bertz CT molecular complexity index is 439. The highest BCUT2D eigenvalue weighted by Gasteiger charge is 2.20. The molecule has 2 heteroatoms. The Kier molecular flexibility index (Phi) is 5.24. The summed E-state index contributed by atoms with van der Waals surface area (Å²) in [5.74, 6) is 0.692. The molecule has 0 bridgehead atoms. The molecule has 1 aliphatic heterocycles. The summed E-state index contributed by atoms with van der Waals surface area (Å²) in [6.07, 6.45) is 6.45. The Morgan fingerprint density at radius 3 is 2.53 bits per heavy atom. The number of hydrogen-bond acceptors (Lipinski definition) is 1. The zero-order chi connectivity index (χ0) is 13.7. The van der Waals surface area contributed by atoms with Crippen molar-refractivity contribution >= 4 is 11.6 Å². The Hall–Kier alpha value is -1.05. The van der Waals surface area contributed by atoms with Gasteiger partial charge in [-0.05, 0) is 56.5 Å². The molecular weight excluding hydrogens is 254 g/mol. The van der Waals surface area contributed by atoms with Crippen molar-refractivity contribution in [1.29, 1.82) is 0 Å². The first-order valence-corrected chi connectivity index (χ1v) is 7.33. The van der Waals surface area contributed by atoms with Crippen LogP contribution in [0.3, 0.4) is 0 Å². The molecule has 0 amide bonds. The van der Waals surface area contributed by atoms with Crippen LogP contribution in [0.5, 0.6) is 0 Å². The monoisotopic (exact) mass is 275 g/mol. The zero-order valence-electron chi connectivity index (χ0n) is 11.6. The van der Waals surface area contributed by atoms with E-state index >= 15 is 0 Å². The first kappa shape index (κ1) is 14.4. The first-order valence-electron chi connectivity index (χ1n) is 6.95. The van der Waals surface area contributed by atoms with Gasteiger partial charge in [-0.25, -0.2) is 0 Å². The maximum Gasteiger partial charge on any atom is 0.0406 e. The normalized spacial score (nSPS) is 18.5. The van der Waals surface area contributed by atoms with E-state index in [1.54, 1.807) is 0 Å². The van der Waals surface area contributed by atoms with Crippen molar-refractivity contribution in [3.8, 4) is 0 Å². The van der Waals surface area contributed by atoms with E-state index in [4.69, 9.17) is 11.6 Å². The number of piperidine rings is 1. The van der Waals surface area contributed by atoms with E-state index in [-0.39, 0.29) is 0 Å². The van der Waals surface area contributed by atoms with Crippen LogP contribution in [0.15, 0.2) is 48.6 Å². The second-order valence-electron chi connectivity index (χ2n) is 5.35. The summed E-state index contributed by atoms with van der Waals surface area (Å²) < 4.78 is 0. The molecule has 1 aliphatic rings. The van der Waals surface area contributed by atoms with Crippen LogP contribution in [-0.2, 0) is 0 Å². The predicted molar refractivity (Wildman–Crippen MR) is 83.8 cm³/mol. The van der Waals surface area contributed by atoms with E-state index in [0.717, 1.165) is 11.6 Å². The second-order valence-corrected chi connectivity index (χ2v) is 5.79. The Morgan fingerprint density at radius 2 is 1.95 bits per heavy atom. The standard InChI is InChI=1S/C17H22ClN/c1-3-4-14(2)13-19-11-9-16(10-12-19)15-5-7-17(18)8-6-15/h3-8,16H,1,9-13H2,2H3. The van der Waals surface area contributed by atoms with Gasteiger partial charge in [0.05, 0.1) is 0 Å². The Labute approximate surface area is 121 Å². The predicted octanol–water partition coefficient (Wildman–Crippen LogP) is 4.65. The van der Waals surface area contributed by atoms with Crippen molar-refractivity contribution in [3.05, 3.63) is 59.2 Å². The molecule has 2 rings (SSSR count). The zero-order valence-corrected chi connectivity index (χ0v) is 12.4. The van der Waals surface area contributed by atoms with Gasteiger partial charge in [0, 0.05) is 11.6 Å². The van der Waals surface area contributed by atoms with Gasteiger partial charge in [-0.15, -0.1) is 0 Å². The fourth-order valence-corrected chi connectivity index (χ4v) is 2.89. The number of rotatable bonds is 4. The summed E-state index contributed by atoms with van der Waals surface area (Å²) in [4.78, 5) is 2.53. The smallest absolute Gasteiger partial charge is 0.0406 e. The van der Waals surface area contributed by atoms with Gasteiger partial charge in [0.25, 0.3) is 0 Å². The van der Waals surface area contributed by atoms with E-state index < -0.39 is 0 Å². The quantitative estimate of drug-likeness (QED) is 0.723. The van der Waals surface area contributed by atoms with Crippen molar-refractivity contribution in [2.45, 2.75) is 25.7 Å². The summed E-state index contributed by atoms with van der Waals surface area (Å²) in [5, 5.41) is 0.825. The summed E-state index contributed by atoms with van der Waals surface area (Å²) in [7, 11) is 0. The van der Waals surface area contributed by atoms with E-state index in [2.05, 4.69) is 36.6 Å². The maximum atomic E-state index is 5.94. The fraction of sp³-hybridized carbons (Fsp3) is 0.412. The lowest BCUT2D eigenvalue weighted by Gasteiger charge is -2.32. The van der Waals surface area contributed by atoms with Crippen molar-refractivity contribution < 1.29 is 0 Å². The molecule has 0 N–H and O–H groups in total. The molecular formula is C17H22ClN. The van der Waals surface area contributed by atoms with Gasteiger partial charge in [0.15, 0.2) is 0 Å². The Morgan fingerprint density at radius 1 is 1.32 bits per heavy atom. The van der Waals surface area contributed by atoms with Gasteiger partial charge in [-0.1, -0.05) is 48.0 Å².